The predicted octanol–water partition coefficient (Wildman–Crippen LogP) is -2.89. The lowest BCUT2D eigenvalue weighted by molar-refractivity contribution is -0.332. The van der Waals surface area contributed by atoms with Gasteiger partial charge in [-0.15, -0.1) is 0 Å². The van der Waals surface area contributed by atoms with Crippen LogP contribution in [-0.2, 0) is 23.7 Å². The Morgan fingerprint density at radius 2 is 1.45 bits per heavy atom. The highest BCUT2D eigenvalue weighted by atomic mass is 16.7. The Morgan fingerprint density at radius 3 is 2.11 bits per heavy atom. The first kappa shape index (κ1) is 47.1. The number of aliphatic hydroxyl groups is 8. The molecule has 0 radical (unpaired) electrons. The minimum Gasteiger partial charge on any atom is -0.394 e. The number of amides is 1. The van der Waals surface area contributed by atoms with Crippen LogP contribution in [0.25, 0.3) is 0 Å². The maximum atomic E-state index is 13.2. The average molecular weight is 788 g/mol. The maximum Gasteiger partial charge on any atom is 0.249 e. The molecule has 316 valence electrons. The van der Waals surface area contributed by atoms with Crippen molar-refractivity contribution in [3.8, 4) is 0 Å². The zero-order valence-electron chi connectivity index (χ0n) is 32.2. The fourth-order valence-electron chi connectivity index (χ4n) is 6.68. The number of rotatable bonds is 18. The van der Waals surface area contributed by atoms with Crippen LogP contribution in [0.1, 0.15) is 66.2 Å². The third-order valence-corrected chi connectivity index (χ3v) is 10.2. The number of aliphatic hydroxyl groups excluding tert-OH is 8. The molecule has 18 heteroatoms. The van der Waals surface area contributed by atoms with E-state index in [4.69, 9.17) is 36.1 Å². The molecule has 1 saturated carbocycles. The van der Waals surface area contributed by atoms with Crippen LogP contribution >= 0.6 is 0 Å². The molecule has 15 N–H and O–H groups in total. The minimum atomic E-state index is -1.77. The van der Waals surface area contributed by atoms with Gasteiger partial charge in [0, 0.05) is 31.8 Å². The Kier molecular flexibility index (Phi) is 19.4. The van der Waals surface area contributed by atoms with E-state index in [1.54, 1.807) is 6.21 Å². The standard InChI is InChI=1S/C37H65N5O13/c1-18(2)7-5-8-19(3)9-6-10-20(4)11-13-41-14-12-23(44)35(51)42-22-15-21(39)33(54-37-31(49)30(48)28(46)24(16-38)52-37)32(50)34(22)55-36-29(47)26(40)27(45)25(17-43)53-36/h7,9,11,13,21-34,36-37,43-50H,5-6,8,10,12,14-17,38-40H2,1-4H3,(H,42,51)/b19-9+,20-11+,41-13+. The Labute approximate surface area is 322 Å². The first-order chi connectivity index (χ1) is 26.0. The number of carbonyl (C=O) groups is 1. The Morgan fingerprint density at radius 1 is 0.836 bits per heavy atom. The second-order valence-corrected chi connectivity index (χ2v) is 15.0. The molecule has 2 saturated heterocycles. The number of ether oxygens (including phenoxy) is 4. The number of nitrogens with two attached hydrogens (primary N) is 3. The fraction of sp³-hybridized carbons (Fsp3) is 0.784. The number of aliphatic imine (C=N–C) groups is 1. The van der Waals surface area contributed by atoms with Crippen LogP contribution < -0.4 is 22.5 Å². The molecular weight excluding hydrogens is 722 g/mol. The van der Waals surface area contributed by atoms with Crippen LogP contribution in [-0.4, -0.2) is 171 Å². The molecule has 18 nitrogen and oxygen atoms in total. The molecule has 55 heavy (non-hydrogen) atoms. The summed E-state index contributed by atoms with van der Waals surface area (Å²) in [6, 6.07) is -3.52. The molecule has 0 aromatic rings. The van der Waals surface area contributed by atoms with E-state index in [0.29, 0.717) is 0 Å². The van der Waals surface area contributed by atoms with E-state index in [1.165, 1.54) is 11.1 Å². The molecule has 0 aromatic carbocycles. The lowest BCUT2D eigenvalue weighted by Crippen LogP contribution is -2.69. The van der Waals surface area contributed by atoms with Gasteiger partial charge in [0.1, 0.15) is 67.1 Å². The third kappa shape index (κ3) is 13.4. The van der Waals surface area contributed by atoms with Crippen LogP contribution in [0, 0.1) is 0 Å². The van der Waals surface area contributed by atoms with Crippen LogP contribution in [0.4, 0.5) is 0 Å². The molecule has 2 aliphatic heterocycles. The van der Waals surface area contributed by atoms with E-state index in [-0.39, 0.29) is 25.9 Å². The van der Waals surface area contributed by atoms with E-state index in [2.05, 4.69) is 43.2 Å². The van der Waals surface area contributed by atoms with Crippen LogP contribution in [0.2, 0.25) is 0 Å². The van der Waals surface area contributed by atoms with Crippen molar-refractivity contribution in [3.05, 3.63) is 34.9 Å². The predicted molar refractivity (Wildman–Crippen MR) is 201 cm³/mol. The average Bonchev–Trinajstić information content (AvgIpc) is 3.14. The van der Waals surface area contributed by atoms with Crippen molar-refractivity contribution in [3.63, 3.8) is 0 Å². The highest BCUT2D eigenvalue weighted by Gasteiger charge is 2.52. The summed E-state index contributed by atoms with van der Waals surface area (Å²) in [5, 5.41) is 86.9. The monoisotopic (exact) mass is 787 g/mol. The second-order valence-electron chi connectivity index (χ2n) is 15.0. The van der Waals surface area contributed by atoms with Crippen molar-refractivity contribution in [2.24, 2.45) is 22.2 Å². The fourth-order valence-corrected chi connectivity index (χ4v) is 6.68. The Balaban J connectivity index is 1.66. The first-order valence-corrected chi connectivity index (χ1v) is 19.0. The quantitative estimate of drug-likeness (QED) is 0.0490. The van der Waals surface area contributed by atoms with Gasteiger partial charge in [0.05, 0.1) is 18.7 Å². The summed E-state index contributed by atoms with van der Waals surface area (Å²) < 4.78 is 22.9. The molecule has 0 spiro atoms. The molecule has 3 rings (SSSR count). The summed E-state index contributed by atoms with van der Waals surface area (Å²) >= 11 is 0. The smallest absolute Gasteiger partial charge is 0.249 e. The lowest BCUT2D eigenvalue weighted by Gasteiger charge is -2.49. The van der Waals surface area contributed by atoms with Crippen molar-refractivity contribution >= 4 is 12.1 Å². The van der Waals surface area contributed by atoms with Crippen LogP contribution in [0.5, 0.6) is 0 Å². The van der Waals surface area contributed by atoms with Crippen molar-refractivity contribution in [2.45, 2.75) is 164 Å². The zero-order chi connectivity index (χ0) is 41.0. The summed E-state index contributed by atoms with van der Waals surface area (Å²) in [5.74, 6) is -0.828. The number of hydrogen-bond acceptors (Lipinski definition) is 17. The van der Waals surface area contributed by atoms with Crippen molar-refractivity contribution in [1.82, 2.24) is 5.32 Å². The van der Waals surface area contributed by atoms with Gasteiger partial charge in [0.2, 0.25) is 5.91 Å². The molecule has 3 aliphatic rings. The molecule has 16 atom stereocenters. The highest BCUT2D eigenvalue weighted by Crippen LogP contribution is 2.32. The van der Waals surface area contributed by atoms with Gasteiger partial charge in [-0.3, -0.25) is 9.79 Å². The first-order valence-electron chi connectivity index (χ1n) is 19.0. The van der Waals surface area contributed by atoms with E-state index >= 15 is 0 Å². The van der Waals surface area contributed by atoms with E-state index in [0.717, 1.165) is 31.3 Å². The number of carbonyl (C=O) groups excluding carboxylic acids is 1. The maximum absolute atomic E-state index is 13.2. The van der Waals surface area contributed by atoms with Gasteiger partial charge in [0.15, 0.2) is 12.6 Å². The summed E-state index contributed by atoms with van der Waals surface area (Å²) in [5.41, 5.74) is 21.8. The second kappa shape index (κ2) is 22.6. The molecular formula is C37H65N5O13. The van der Waals surface area contributed by atoms with E-state index < -0.39 is 110 Å². The molecule has 1 amide bonds. The Hall–Kier alpha value is -2.24. The minimum absolute atomic E-state index is 0.0375. The summed E-state index contributed by atoms with van der Waals surface area (Å²) in [6.07, 6.45) is -8.22. The van der Waals surface area contributed by atoms with Gasteiger partial charge >= 0.3 is 0 Å². The normalized spacial score (nSPS) is 38.2. The SMILES string of the molecule is CC(C)=CCC/C(C)=C/CC/C(C)=C/C=N/CCC(O)C(=O)NC1CC(N)C(OC2OC(CN)C(O)C(O)C2O)C(O)C1OC1OC(CO)C(O)C(N)C1O. The molecule has 2 heterocycles. The van der Waals surface area contributed by atoms with Gasteiger partial charge in [0.25, 0.3) is 0 Å². The summed E-state index contributed by atoms with van der Waals surface area (Å²) in [6.45, 7) is 7.52. The van der Waals surface area contributed by atoms with Crippen LogP contribution in [0.15, 0.2) is 39.9 Å². The van der Waals surface area contributed by atoms with Crippen LogP contribution in [0.3, 0.4) is 0 Å². The van der Waals surface area contributed by atoms with Gasteiger partial charge < -0.3 is 82.3 Å². The molecule has 0 aromatic heterocycles. The summed E-state index contributed by atoms with van der Waals surface area (Å²) in [4.78, 5) is 17.5. The van der Waals surface area contributed by atoms with Crippen molar-refractivity contribution < 1.29 is 64.6 Å². The zero-order valence-corrected chi connectivity index (χ0v) is 32.2. The molecule has 3 fully saturated rings. The lowest BCUT2D eigenvalue weighted by atomic mass is 9.83. The van der Waals surface area contributed by atoms with Gasteiger partial charge in [-0.25, -0.2) is 0 Å². The largest absolute Gasteiger partial charge is 0.394 e. The number of nitrogens with zero attached hydrogens (tertiary/aromatic N) is 1. The van der Waals surface area contributed by atoms with Gasteiger partial charge in [-0.1, -0.05) is 28.9 Å². The van der Waals surface area contributed by atoms with Gasteiger partial charge in [-0.2, -0.15) is 0 Å². The van der Waals surface area contributed by atoms with Gasteiger partial charge in [-0.05, 0) is 65.9 Å². The molecule has 16 unspecified atom stereocenters. The number of nitrogens with one attached hydrogen (secondary N) is 1. The molecule has 0 bridgehead atoms. The third-order valence-electron chi connectivity index (χ3n) is 10.2. The Bertz CT molecular complexity index is 1310. The summed E-state index contributed by atoms with van der Waals surface area (Å²) in [7, 11) is 0. The highest BCUT2D eigenvalue weighted by molar-refractivity contribution is 5.81. The number of allylic oxidation sites excluding steroid dienone is 6. The molecule has 1 aliphatic carbocycles. The number of hydrogen-bond donors (Lipinski definition) is 12. The van der Waals surface area contributed by atoms with E-state index in [1.807, 2.05) is 13.0 Å². The topological polar surface area (TPSA) is 318 Å². The van der Waals surface area contributed by atoms with E-state index in [9.17, 15) is 45.6 Å². The van der Waals surface area contributed by atoms with Crippen molar-refractivity contribution in [2.75, 3.05) is 19.7 Å². The van der Waals surface area contributed by atoms with Crippen molar-refractivity contribution in [1.29, 1.82) is 0 Å².